The molecule has 0 radical (unpaired) electrons. The average molecular weight is 388 g/mol. The molecule has 3 amide bonds. The van der Waals surface area contributed by atoms with Crippen molar-refractivity contribution in [1.82, 2.24) is 15.5 Å². The molecule has 1 heterocycles. The van der Waals surface area contributed by atoms with Crippen molar-refractivity contribution in [1.29, 1.82) is 0 Å². The van der Waals surface area contributed by atoms with E-state index in [1.54, 1.807) is 13.8 Å². The van der Waals surface area contributed by atoms with Crippen LogP contribution in [0.3, 0.4) is 0 Å². The molecule has 5 N–H and O–H groups in total. The Hall–Kier alpha value is -1.81. The topological polar surface area (TPSA) is 142 Å². The SMILES string of the molecule is CC(NC(=O)C(N)CS)C(=O)NC(C(=O)N1CCCC1C(=O)O)C(C)C. The normalized spacial score (nSPS) is 20.4. The lowest BCUT2D eigenvalue weighted by Crippen LogP contribution is -2.58. The smallest absolute Gasteiger partial charge is 0.326 e. The van der Waals surface area contributed by atoms with Gasteiger partial charge in [-0.1, -0.05) is 13.8 Å². The summed E-state index contributed by atoms with van der Waals surface area (Å²) < 4.78 is 0. The molecule has 1 rings (SSSR count). The number of carbonyl (C=O) groups excluding carboxylic acids is 3. The van der Waals surface area contributed by atoms with Crippen LogP contribution in [0.15, 0.2) is 0 Å². The van der Waals surface area contributed by atoms with Crippen LogP contribution in [0, 0.1) is 5.92 Å². The molecule has 0 spiro atoms. The lowest BCUT2D eigenvalue weighted by Gasteiger charge is -2.30. The molecule has 0 bridgehead atoms. The molecule has 0 aromatic rings. The number of nitrogens with two attached hydrogens (primary N) is 1. The van der Waals surface area contributed by atoms with Gasteiger partial charge in [-0.2, -0.15) is 12.6 Å². The molecule has 26 heavy (non-hydrogen) atoms. The second-order valence-corrected chi connectivity index (χ2v) is 7.14. The zero-order valence-corrected chi connectivity index (χ0v) is 16.2. The Labute approximate surface area is 158 Å². The minimum absolute atomic E-state index is 0.138. The van der Waals surface area contributed by atoms with Crippen LogP contribution >= 0.6 is 12.6 Å². The van der Waals surface area contributed by atoms with E-state index in [9.17, 15) is 24.3 Å². The van der Waals surface area contributed by atoms with E-state index in [1.807, 2.05) is 0 Å². The Morgan fingerprint density at radius 1 is 1.19 bits per heavy atom. The highest BCUT2D eigenvalue weighted by atomic mass is 32.1. The van der Waals surface area contributed by atoms with Gasteiger partial charge in [-0.25, -0.2) is 4.79 Å². The molecule has 1 aliphatic rings. The fraction of sp³-hybridized carbons (Fsp3) is 0.750. The van der Waals surface area contributed by atoms with E-state index in [0.29, 0.717) is 19.4 Å². The summed E-state index contributed by atoms with van der Waals surface area (Å²) in [5.74, 6) is -2.64. The highest BCUT2D eigenvalue weighted by molar-refractivity contribution is 7.80. The molecule has 9 nitrogen and oxygen atoms in total. The average Bonchev–Trinajstić information content (AvgIpc) is 3.07. The van der Waals surface area contributed by atoms with Gasteiger partial charge in [0.05, 0.1) is 6.04 Å². The number of likely N-dealkylation sites (tertiary alicyclic amines) is 1. The first-order valence-electron chi connectivity index (χ1n) is 8.60. The predicted octanol–water partition coefficient (Wildman–Crippen LogP) is -1.04. The zero-order chi connectivity index (χ0) is 20.0. The molecule has 0 aromatic heterocycles. The number of nitrogens with one attached hydrogen (secondary N) is 2. The van der Waals surface area contributed by atoms with Gasteiger partial charge in [0.25, 0.3) is 0 Å². The van der Waals surface area contributed by atoms with Crippen LogP contribution in [-0.4, -0.2) is 70.2 Å². The van der Waals surface area contributed by atoms with E-state index < -0.39 is 47.9 Å². The summed E-state index contributed by atoms with van der Waals surface area (Å²) in [4.78, 5) is 49.5. The third-order valence-electron chi connectivity index (χ3n) is 4.34. The molecule has 148 valence electrons. The van der Waals surface area contributed by atoms with Crippen molar-refractivity contribution in [3.8, 4) is 0 Å². The summed E-state index contributed by atoms with van der Waals surface area (Å²) >= 11 is 3.93. The summed E-state index contributed by atoms with van der Waals surface area (Å²) in [5, 5.41) is 14.3. The Morgan fingerprint density at radius 2 is 1.81 bits per heavy atom. The minimum Gasteiger partial charge on any atom is -0.480 e. The molecule has 4 unspecified atom stereocenters. The third kappa shape index (κ3) is 5.60. The second kappa shape index (κ2) is 9.77. The number of rotatable bonds is 8. The Bertz CT molecular complexity index is 557. The highest BCUT2D eigenvalue weighted by Crippen LogP contribution is 2.20. The van der Waals surface area contributed by atoms with Crippen molar-refractivity contribution in [3.05, 3.63) is 0 Å². The Balaban J connectivity index is 2.78. The van der Waals surface area contributed by atoms with Crippen LogP contribution in [0.25, 0.3) is 0 Å². The van der Waals surface area contributed by atoms with Gasteiger partial charge in [-0.05, 0) is 25.7 Å². The van der Waals surface area contributed by atoms with Crippen LogP contribution in [0.5, 0.6) is 0 Å². The summed E-state index contributed by atoms with van der Waals surface area (Å²) in [6.45, 7) is 5.34. The van der Waals surface area contributed by atoms with Crippen molar-refractivity contribution in [2.75, 3.05) is 12.3 Å². The van der Waals surface area contributed by atoms with E-state index >= 15 is 0 Å². The molecule has 10 heteroatoms. The van der Waals surface area contributed by atoms with Gasteiger partial charge in [0.2, 0.25) is 17.7 Å². The van der Waals surface area contributed by atoms with Gasteiger partial charge >= 0.3 is 5.97 Å². The number of carboxylic acid groups (broad SMARTS) is 1. The van der Waals surface area contributed by atoms with Crippen LogP contribution in [0.1, 0.15) is 33.6 Å². The number of carboxylic acids is 1. The van der Waals surface area contributed by atoms with E-state index in [4.69, 9.17) is 5.73 Å². The largest absolute Gasteiger partial charge is 0.480 e. The lowest BCUT2D eigenvalue weighted by molar-refractivity contribution is -0.150. The van der Waals surface area contributed by atoms with Crippen LogP contribution < -0.4 is 16.4 Å². The van der Waals surface area contributed by atoms with Crippen molar-refractivity contribution in [2.24, 2.45) is 11.7 Å². The zero-order valence-electron chi connectivity index (χ0n) is 15.3. The molecule has 0 aromatic carbocycles. The van der Waals surface area contributed by atoms with Gasteiger partial charge in [-0.3, -0.25) is 14.4 Å². The fourth-order valence-electron chi connectivity index (χ4n) is 2.73. The molecule has 1 aliphatic heterocycles. The standard InChI is InChI=1S/C16H28N4O5S/c1-8(2)12(15(23)20-6-4-5-11(20)16(24)25)19-13(21)9(3)18-14(22)10(17)7-26/h8-12,26H,4-7,17H2,1-3H3,(H,18,22)(H,19,21)(H,24,25). The molecule has 4 atom stereocenters. The van der Waals surface area contributed by atoms with Crippen molar-refractivity contribution < 1.29 is 24.3 Å². The number of hydrogen-bond donors (Lipinski definition) is 5. The van der Waals surface area contributed by atoms with E-state index in [0.717, 1.165) is 0 Å². The van der Waals surface area contributed by atoms with E-state index in [1.165, 1.54) is 11.8 Å². The summed E-state index contributed by atoms with van der Waals surface area (Å²) in [7, 11) is 0. The van der Waals surface area contributed by atoms with E-state index in [-0.39, 0.29) is 11.7 Å². The molecule has 1 saturated heterocycles. The first-order chi connectivity index (χ1) is 12.1. The molecular formula is C16H28N4O5S. The maximum absolute atomic E-state index is 12.8. The van der Waals surface area contributed by atoms with Crippen LogP contribution in [0.4, 0.5) is 0 Å². The number of carbonyl (C=O) groups is 4. The van der Waals surface area contributed by atoms with Gasteiger partial charge in [0.1, 0.15) is 18.1 Å². The minimum atomic E-state index is -1.05. The first-order valence-corrected chi connectivity index (χ1v) is 9.23. The molecule has 0 saturated carbocycles. The van der Waals surface area contributed by atoms with Crippen molar-refractivity contribution >= 4 is 36.3 Å². The van der Waals surface area contributed by atoms with Gasteiger partial charge in [-0.15, -0.1) is 0 Å². The second-order valence-electron chi connectivity index (χ2n) is 6.78. The summed E-state index contributed by atoms with van der Waals surface area (Å²) in [5.41, 5.74) is 5.55. The maximum atomic E-state index is 12.8. The highest BCUT2D eigenvalue weighted by Gasteiger charge is 2.39. The van der Waals surface area contributed by atoms with Crippen LogP contribution in [0.2, 0.25) is 0 Å². The number of amides is 3. The number of thiol groups is 1. The maximum Gasteiger partial charge on any atom is 0.326 e. The molecular weight excluding hydrogens is 360 g/mol. The van der Waals surface area contributed by atoms with Crippen molar-refractivity contribution in [2.45, 2.75) is 57.8 Å². The third-order valence-corrected chi connectivity index (χ3v) is 4.73. The van der Waals surface area contributed by atoms with Gasteiger partial charge < -0.3 is 26.4 Å². The van der Waals surface area contributed by atoms with Gasteiger partial charge in [0, 0.05) is 12.3 Å². The number of nitrogens with zero attached hydrogens (tertiary/aromatic N) is 1. The van der Waals surface area contributed by atoms with Gasteiger partial charge in [0.15, 0.2) is 0 Å². The monoisotopic (exact) mass is 388 g/mol. The first kappa shape index (κ1) is 22.2. The molecule has 0 aliphatic carbocycles. The van der Waals surface area contributed by atoms with E-state index in [2.05, 4.69) is 23.3 Å². The summed E-state index contributed by atoms with van der Waals surface area (Å²) in [6.07, 6.45) is 1.00. The quantitative estimate of drug-likeness (QED) is 0.336. The Kier molecular flexibility index (Phi) is 8.35. The summed E-state index contributed by atoms with van der Waals surface area (Å²) in [6, 6.07) is -3.47. The molecule has 1 fully saturated rings. The predicted molar refractivity (Wildman–Crippen MR) is 98.6 cm³/mol. The Morgan fingerprint density at radius 3 is 2.31 bits per heavy atom. The number of hydrogen-bond acceptors (Lipinski definition) is 6. The van der Waals surface area contributed by atoms with Crippen LogP contribution in [-0.2, 0) is 19.2 Å². The fourth-order valence-corrected chi connectivity index (χ4v) is 2.89. The number of aliphatic carboxylic acids is 1. The van der Waals surface area contributed by atoms with Crippen molar-refractivity contribution in [3.63, 3.8) is 0 Å². The lowest BCUT2D eigenvalue weighted by atomic mass is 10.0.